The fourth-order valence-electron chi connectivity index (χ4n) is 3.62. The Bertz CT molecular complexity index is 472. The van der Waals surface area contributed by atoms with Gasteiger partial charge in [-0.1, -0.05) is 13.8 Å². The molecule has 7 nitrogen and oxygen atoms in total. The fourth-order valence-corrected chi connectivity index (χ4v) is 3.62. The van der Waals surface area contributed by atoms with Crippen LogP contribution in [-0.4, -0.2) is 59.4 Å². The first-order valence-electron chi connectivity index (χ1n) is 9.02. The summed E-state index contributed by atoms with van der Waals surface area (Å²) in [4.78, 5) is 39.9. The van der Waals surface area contributed by atoms with E-state index in [-0.39, 0.29) is 23.9 Å². The summed E-state index contributed by atoms with van der Waals surface area (Å²) < 4.78 is 0. The summed E-state index contributed by atoms with van der Waals surface area (Å²) >= 11 is 0. The number of primary amides is 1. The molecule has 1 unspecified atom stereocenters. The van der Waals surface area contributed by atoms with E-state index in [9.17, 15) is 14.4 Å². The average molecular weight is 338 g/mol. The van der Waals surface area contributed by atoms with Crippen molar-refractivity contribution in [1.29, 1.82) is 0 Å². The highest BCUT2D eigenvalue weighted by atomic mass is 16.2. The van der Waals surface area contributed by atoms with Crippen LogP contribution in [0.2, 0.25) is 0 Å². The summed E-state index contributed by atoms with van der Waals surface area (Å²) in [5, 5.41) is 2.71. The lowest BCUT2D eigenvalue weighted by Crippen LogP contribution is -2.55. The van der Waals surface area contributed by atoms with Gasteiger partial charge in [0.05, 0.1) is 0 Å². The number of nitrogens with zero attached hydrogens (tertiary/aromatic N) is 2. The Morgan fingerprint density at radius 3 is 2.42 bits per heavy atom. The molecule has 7 heteroatoms. The van der Waals surface area contributed by atoms with E-state index < -0.39 is 6.03 Å². The summed E-state index contributed by atoms with van der Waals surface area (Å²) in [7, 11) is 0. The molecule has 0 spiro atoms. The van der Waals surface area contributed by atoms with Crippen molar-refractivity contribution in [2.75, 3.05) is 19.6 Å². The molecule has 0 aromatic carbocycles. The van der Waals surface area contributed by atoms with Crippen molar-refractivity contribution in [3.05, 3.63) is 0 Å². The van der Waals surface area contributed by atoms with Gasteiger partial charge in [0, 0.05) is 32.1 Å². The van der Waals surface area contributed by atoms with E-state index in [4.69, 9.17) is 5.73 Å². The predicted molar refractivity (Wildman–Crippen MR) is 91.1 cm³/mol. The molecule has 2 fully saturated rings. The first kappa shape index (κ1) is 18.5. The second kappa shape index (κ2) is 8.35. The SMILES string of the molecule is CC(C)CC(C(=O)N1CCC(NC(N)=O)CC1)N1CCCCC1=O. The topological polar surface area (TPSA) is 95.7 Å². The second-order valence-electron chi connectivity index (χ2n) is 7.30. The van der Waals surface area contributed by atoms with E-state index in [0.717, 1.165) is 12.8 Å². The van der Waals surface area contributed by atoms with E-state index in [1.807, 2.05) is 4.90 Å². The zero-order chi connectivity index (χ0) is 17.7. The molecule has 0 aliphatic carbocycles. The van der Waals surface area contributed by atoms with Gasteiger partial charge in [-0.25, -0.2) is 4.79 Å². The Morgan fingerprint density at radius 2 is 1.88 bits per heavy atom. The van der Waals surface area contributed by atoms with Crippen molar-refractivity contribution in [2.24, 2.45) is 11.7 Å². The summed E-state index contributed by atoms with van der Waals surface area (Å²) in [5.74, 6) is 0.504. The normalized spacial score (nSPS) is 21.0. The zero-order valence-electron chi connectivity index (χ0n) is 14.8. The second-order valence-corrected chi connectivity index (χ2v) is 7.30. The van der Waals surface area contributed by atoms with Crippen molar-refractivity contribution < 1.29 is 14.4 Å². The summed E-state index contributed by atoms with van der Waals surface area (Å²) in [5.41, 5.74) is 5.16. The van der Waals surface area contributed by atoms with Crippen LogP contribution < -0.4 is 11.1 Å². The number of hydrogen-bond donors (Lipinski definition) is 2. The number of amides is 4. The summed E-state index contributed by atoms with van der Waals surface area (Å²) in [6.07, 6.45) is 4.55. The minimum Gasteiger partial charge on any atom is -0.352 e. The average Bonchev–Trinajstić information content (AvgIpc) is 2.53. The fraction of sp³-hybridized carbons (Fsp3) is 0.824. The highest BCUT2D eigenvalue weighted by Crippen LogP contribution is 2.22. The van der Waals surface area contributed by atoms with Crippen LogP contribution in [0, 0.1) is 5.92 Å². The summed E-state index contributed by atoms with van der Waals surface area (Å²) in [6, 6.07) is -0.832. The van der Waals surface area contributed by atoms with Crippen molar-refractivity contribution in [2.45, 2.75) is 64.5 Å². The van der Waals surface area contributed by atoms with Crippen LogP contribution in [0.25, 0.3) is 0 Å². The number of carbonyl (C=O) groups is 3. The Labute approximate surface area is 143 Å². The van der Waals surface area contributed by atoms with Crippen LogP contribution in [-0.2, 0) is 9.59 Å². The number of rotatable bonds is 5. The van der Waals surface area contributed by atoms with Crippen LogP contribution in [0.3, 0.4) is 0 Å². The van der Waals surface area contributed by atoms with Gasteiger partial charge >= 0.3 is 6.03 Å². The van der Waals surface area contributed by atoms with Crippen LogP contribution in [0.1, 0.15) is 52.4 Å². The molecule has 0 aromatic heterocycles. The maximum absolute atomic E-state index is 13.0. The molecule has 2 heterocycles. The van der Waals surface area contributed by atoms with Gasteiger partial charge in [-0.3, -0.25) is 9.59 Å². The van der Waals surface area contributed by atoms with Gasteiger partial charge in [0.25, 0.3) is 0 Å². The van der Waals surface area contributed by atoms with Crippen molar-refractivity contribution in [1.82, 2.24) is 15.1 Å². The molecule has 0 aromatic rings. The highest BCUT2D eigenvalue weighted by Gasteiger charge is 2.35. The summed E-state index contributed by atoms with van der Waals surface area (Å²) in [6.45, 7) is 6.04. The molecule has 1 atom stereocenters. The number of nitrogens with one attached hydrogen (secondary N) is 1. The third kappa shape index (κ3) is 4.85. The maximum atomic E-state index is 13.0. The van der Waals surface area contributed by atoms with Crippen LogP contribution in [0.4, 0.5) is 4.79 Å². The molecular weight excluding hydrogens is 308 g/mol. The number of urea groups is 1. The van der Waals surface area contributed by atoms with Crippen LogP contribution in [0.15, 0.2) is 0 Å². The third-order valence-electron chi connectivity index (χ3n) is 4.87. The Hall–Kier alpha value is -1.79. The van der Waals surface area contributed by atoms with Gasteiger partial charge in [-0.2, -0.15) is 0 Å². The van der Waals surface area contributed by atoms with Crippen molar-refractivity contribution in [3.8, 4) is 0 Å². The molecular formula is C17H30N4O3. The molecule has 0 radical (unpaired) electrons. The molecule has 0 bridgehead atoms. The van der Waals surface area contributed by atoms with Crippen molar-refractivity contribution in [3.63, 3.8) is 0 Å². The third-order valence-corrected chi connectivity index (χ3v) is 4.87. The van der Waals surface area contributed by atoms with Crippen LogP contribution in [0.5, 0.6) is 0 Å². The monoisotopic (exact) mass is 338 g/mol. The molecule has 0 saturated carbocycles. The van der Waals surface area contributed by atoms with Crippen molar-refractivity contribution >= 4 is 17.8 Å². The van der Waals surface area contributed by atoms with Gasteiger partial charge in [0.1, 0.15) is 6.04 Å². The van der Waals surface area contributed by atoms with E-state index >= 15 is 0 Å². The van der Waals surface area contributed by atoms with Gasteiger partial charge < -0.3 is 20.9 Å². The van der Waals surface area contributed by atoms with E-state index in [1.54, 1.807) is 4.90 Å². The molecule has 2 aliphatic heterocycles. The predicted octanol–water partition coefficient (Wildman–Crippen LogP) is 1.07. The molecule has 2 aliphatic rings. The maximum Gasteiger partial charge on any atom is 0.312 e. The van der Waals surface area contributed by atoms with E-state index in [0.29, 0.717) is 51.2 Å². The first-order valence-corrected chi connectivity index (χ1v) is 9.02. The minimum atomic E-state index is -0.517. The van der Waals surface area contributed by atoms with Gasteiger partial charge in [-0.15, -0.1) is 0 Å². The smallest absolute Gasteiger partial charge is 0.312 e. The van der Waals surface area contributed by atoms with Crippen LogP contribution >= 0.6 is 0 Å². The zero-order valence-corrected chi connectivity index (χ0v) is 14.8. The lowest BCUT2D eigenvalue weighted by Gasteiger charge is -2.39. The molecule has 3 N–H and O–H groups in total. The Balaban J connectivity index is 2.00. The number of nitrogens with two attached hydrogens (primary N) is 1. The number of carbonyl (C=O) groups excluding carboxylic acids is 3. The highest BCUT2D eigenvalue weighted by molar-refractivity contribution is 5.88. The molecule has 24 heavy (non-hydrogen) atoms. The number of likely N-dealkylation sites (tertiary alicyclic amines) is 2. The van der Waals surface area contributed by atoms with E-state index in [1.165, 1.54) is 0 Å². The van der Waals surface area contributed by atoms with E-state index in [2.05, 4.69) is 19.2 Å². The first-order chi connectivity index (χ1) is 11.4. The molecule has 2 rings (SSSR count). The molecule has 2 saturated heterocycles. The quantitative estimate of drug-likeness (QED) is 0.785. The van der Waals surface area contributed by atoms with Gasteiger partial charge in [-0.05, 0) is 38.0 Å². The van der Waals surface area contributed by atoms with Gasteiger partial charge in [0.2, 0.25) is 11.8 Å². The largest absolute Gasteiger partial charge is 0.352 e. The molecule has 136 valence electrons. The Kier molecular flexibility index (Phi) is 6.45. The standard InChI is InChI=1S/C17H30N4O3/c1-12(2)11-14(21-8-4-3-5-15(21)22)16(23)20-9-6-13(7-10-20)19-17(18)24/h12-14H,3-11H2,1-2H3,(H3,18,19,24). The lowest BCUT2D eigenvalue weighted by atomic mass is 9.96. The van der Waals surface area contributed by atoms with Gasteiger partial charge in [0.15, 0.2) is 0 Å². The Morgan fingerprint density at radius 1 is 1.21 bits per heavy atom. The lowest BCUT2D eigenvalue weighted by molar-refractivity contribution is -0.148. The minimum absolute atomic E-state index is 0.0340. The number of hydrogen-bond acceptors (Lipinski definition) is 3. The number of piperidine rings is 2. The molecule has 4 amide bonds.